The van der Waals surface area contributed by atoms with Gasteiger partial charge in [-0.2, -0.15) is 5.26 Å². The van der Waals surface area contributed by atoms with Gasteiger partial charge in [0.15, 0.2) is 5.13 Å². The summed E-state index contributed by atoms with van der Waals surface area (Å²) in [5.41, 5.74) is 5.83. The SMILES string of the molecule is Cc1nc(N)sc1SCC(=O)NC1(C#N)CCCC1. The van der Waals surface area contributed by atoms with Crippen LogP contribution < -0.4 is 11.1 Å². The van der Waals surface area contributed by atoms with Gasteiger partial charge >= 0.3 is 0 Å². The number of anilines is 1. The van der Waals surface area contributed by atoms with Crippen LogP contribution in [-0.2, 0) is 4.79 Å². The molecule has 3 N–H and O–H groups in total. The molecule has 1 saturated carbocycles. The van der Waals surface area contributed by atoms with Crippen molar-refractivity contribution in [3.8, 4) is 6.07 Å². The predicted octanol–water partition coefficient (Wildman–Crippen LogP) is 2.08. The number of thioether (sulfide) groups is 1. The van der Waals surface area contributed by atoms with E-state index in [-0.39, 0.29) is 5.91 Å². The van der Waals surface area contributed by atoms with Crippen molar-refractivity contribution in [1.82, 2.24) is 10.3 Å². The Labute approximate surface area is 120 Å². The quantitative estimate of drug-likeness (QED) is 0.830. The van der Waals surface area contributed by atoms with E-state index in [1.54, 1.807) is 0 Å². The maximum Gasteiger partial charge on any atom is 0.231 e. The molecule has 5 nitrogen and oxygen atoms in total. The Morgan fingerprint density at radius 1 is 1.63 bits per heavy atom. The normalized spacial score (nSPS) is 17.1. The molecule has 0 atom stereocenters. The molecule has 1 heterocycles. The standard InChI is InChI=1S/C12H16N4OS2/c1-8-10(19-11(14)15-8)18-6-9(17)16-12(7-13)4-2-3-5-12/h2-6H2,1H3,(H2,14,15)(H,16,17). The van der Waals surface area contributed by atoms with E-state index in [9.17, 15) is 10.1 Å². The summed E-state index contributed by atoms with van der Waals surface area (Å²) >= 11 is 2.81. The Balaban J connectivity index is 1.88. The van der Waals surface area contributed by atoms with E-state index < -0.39 is 5.54 Å². The van der Waals surface area contributed by atoms with Crippen LogP contribution in [0, 0.1) is 18.3 Å². The topological polar surface area (TPSA) is 91.8 Å². The molecule has 1 aromatic rings. The summed E-state index contributed by atoms with van der Waals surface area (Å²) in [5.74, 6) is 0.200. The number of aromatic nitrogens is 1. The van der Waals surface area contributed by atoms with Gasteiger partial charge < -0.3 is 11.1 Å². The fraction of sp³-hybridized carbons (Fsp3) is 0.583. The van der Waals surface area contributed by atoms with Gasteiger partial charge in [-0.15, -0.1) is 11.8 Å². The van der Waals surface area contributed by atoms with Crippen LogP contribution in [0.2, 0.25) is 0 Å². The molecular weight excluding hydrogens is 280 g/mol. The van der Waals surface area contributed by atoms with Crippen molar-refractivity contribution in [3.05, 3.63) is 5.69 Å². The molecule has 0 unspecified atom stereocenters. The number of nitriles is 1. The predicted molar refractivity (Wildman–Crippen MR) is 76.9 cm³/mol. The number of carbonyl (C=O) groups is 1. The molecule has 0 aromatic carbocycles. The van der Waals surface area contributed by atoms with Crippen molar-refractivity contribution in [3.63, 3.8) is 0 Å². The van der Waals surface area contributed by atoms with Crippen LogP contribution in [0.15, 0.2) is 4.21 Å². The van der Waals surface area contributed by atoms with Crippen LogP contribution >= 0.6 is 23.1 Å². The van der Waals surface area contributed by atoms with Gasteiger partial charge in [0.25, 0.3) is 0 Å². The molecule has 0 aliphatic heterocycles. The fourth-order valence-electron chi connectivity index (χ4n) is 2.21. The minimum Gasteiger partial charge on any atom is -0.375 e. The molecule has 1 aliphatic rings. The molecule has 1 aromatic heterocycles. The highest BCUT2D eigenvalue weighted by atomic mass is 32.2. The number of thiazole rings is 1. The first kappa shape index (κ1) is 14.2. The van der Waals surface area contributed by atoms with Gasteiger partial charge in [-0.25, -0.2) is 4.98 Å². The Morgan fingerprint density at radius 2 is 2.32 bits per heavy atom. The zero-order valence-electron chi connectivity index (χ0n) is 10.7. The van der Waals surface area contributed by atoms with Crippen molar-refractivity contribution in [2.75, 3.05) is 11.5 Å². The summed E-state index contributed by atoms with van der Waals surface area (Å²) in [6, 6.07) is 2.25. The van der Waals surface area contributed by atoms with Crippen molar-refractivity contribution < 1.29 is 4.79 Å². The maximum absolute atomic E-state index is 11.9. The molecule has 1 aliphatic carbocycles. The summed E-state index contributed by atoms with van der Waals surface area (Å²) in [6.45, 7) is 1.88. The number of carbonyl (C=O) groups excluding carboxylic acids is 1. The number of rotatable bonds is 4. The van der Waals surface area contributed by atoms with Crippen molar-refractivity contribution in [2.45, 2.75) is 42.4 Å². The monoisotopic (exact) mass is 296 g/mol. The summed E-state index contributed by atoms with van der Waals surface area (Å²) in [5, 5.41) is 12.6. The van der Waals surface area contributed by atoms with Crippen molar-refractivity contribution >= 4 is 34.1 Å². The minimum absolute atomic E-state index is 0.0974. The third-order valence-corrected chi connectivity index (χ3v) is 5.50. The minimum atomic E-state index is -0.639. The molecule has 0 saturated heterocycles. The molecule has 19 heavy (non-hydrogen) atoms. The van der Waals surface area contributed by atoms with Gasteiger partial charge in [-0.1, -0.05) is 11.3 Å². The van der Waals surface area contributed by atoms with Gasteiger partial charge in [0.05, 0.1) is 21.7 Å². The molecule has 0 bridgehead atoms. The highest BCUT2D eigenvalue weighted by molar-refractivity contribution is 8.01. The lowest BCUT2D eigenvalue weighted by atomic mass is 10.0. The number of amides is 1. The van der Waals surface area contributed by atoms with Crippen molar-refractivity contribution in [2.24, 2.45) is 0 Å². The Bertz CT molecular complexity index is 514. The highest BCUT2D eigenvalue weighted by Crippen LogP contribution is 2.31. The third kappa shape index (κ3) is 3.39. The first-order valence-electron chi connectivity index (χ1n) is 6.13. The van der Waals surface area contributed by atoms with E-state index in [1.165, 1.54) is 23.1 Å². The second-order valence-corrected chi connectivity index (χ2v) is 6.94. The number of aryl methyl sites for hydroxylation is 1. The molecule has 7 heteroatoms. The number of nitrogens with zero attached hydrogens (tertiary/aromatic N) is 2. The van der Waals surface area contributed by atoms with E-state index >= 15 is 0 Å². The van der Waals surface area contributed by atoms with Gasteiger partial charge in [0, 0.05) is 0 Å². The van der Waals surface area contributed by atoms with E-state index in [0.29, 0.717) is 10.9 Å². The second-order valence-electron chi connectivity index (χ2n) is 4.66. The molecule has 102 valence electrons. The second kappa shape index (κ2) is 5.80. The average molecular weight is 296 g/mol. The number of nitrogen functional groups attached to an aromatic ring is 1. The zero-order chi connectivity index (χ0) is 13.9. The Kier molecular flexibility index (Phi) is 4.32. The van der Waals surface area contributed by atoms with Gasteiger partial charge in [-0.05, 0) is 32.6 Å². The zero-order valence-corrected chi connectivity index (χ0v) is 12.4. The molecule has 2 rings (SSSR count). The Hall–Kier alpha value is -1.26. The number of nitrogens with two attached hydrogens (primary N) is 1. The van der Waals surface area contributed by atoms with Crippen LogP contribution in [0.4, 0.5) is 5.13 Å². The van der Waals surface area contributed by atoms with Crippen LogP contribution in [-0.4, -0.2) is 22.2 Å². The molecular formula is C12H16N4OS2. The summed E-state index contributed by atoms with van der Waals surface area (Å²) in [6.07, 6.45) is 3.52. The van der Waals surface area contributed by atoms with Crippen LogP contribution in [0.5, 0.6) is 0 Å². The number of hydrogen-bond acceptors (Lipinski definition) is 6. The van der Waals surface area contributed by atoms with E-state index in [0.717, 1.165) is 35.6 Å². The van der Waals surface area contributed by atoms with Crippen molar-refractivity contribution in [1.29, 1.82) is 5.26 Å². The lowest BCUT2D eigenvalue weighted by Gasteiger charge is -2.21. The summed E-state index contributed by atoms with van der Waals surface area (Å²) < 4.78 is 0.963. The fourth-order valence-corrected chi connectivity index (χ4v) is 4.04. The molecule has 0 spiro atoms. The first-order chi connectivity index (χ1) is 9.04. The third-order valence-electron chi connectivity index (χ3n) is 3.15. The van der Waals surface area contributed by atoms with E-state index in [2.05, 4.69) is 16.4 Å². The maximum atomic E-state index is 11.9. The van der Waals surface area contributed by atoms with Crippen LogP contribution in [0.25, 0.3) is 0 Å². The smallest absolute Gasteiger partial charge is 0.231 e. The molecule has 0 radical (unpaired) electrons. The summed E-state index contributed by atoms with van der Waals surface area (Å²) in [4.78, 5) is 16.0. The summed E-state index contributed by atoms with van der Waals surface area (Å²) in [7, 11) is 0. The highest BCUT2D eigenvalue weighted by Gasteiger charge is 2.35. The number of nitrogens with one attached hydrogen (secondary N) is 1. The van der Waals surface area contributed by atoms with E-state index in [4.69, 9.17) is 5.73 Å². The molecule has 1 fully saturated rings. The van der Waals surface area contributed by atoms with Gasteiger partial charge in [0.1, 0.15) is 5.54 Å². The van der Waals surface area contributed by atoms with Gasteiger partial charge in [-0.3, -0.25) is 4.79 Å². The van der Waals surface area contributed by atoms with Gasteiger partial charge in [0.2, 0.25) is 5.91 Å². The average Bonchev–Trinajstić information content (AvgIpc) is 2.94. The largest absolute Gasteiger partial charge is 0.375 e. The lowest BCUT2D eigenvalue weighted by Crippen LogP contribution is -2.45. The van der Waals surface area contributed by atoms with E-state index in [1.807, 2.05) is 6.92 Å². The Morgan fingerprint density at radius 3 is 2.84 bits per heavy atom. The number of hydrogen-bond donors (Lipinski definition) is 2. The van der Waals surface area contributed by atoms with Crippen LogP contribution in [0.3, 0.4) is 0 Å². The molecule has 1 amide bonds. The van der Waals surface area contributed by atoms with Crippen LogP contribution in [0.1, 0.15) is 31.4 Å². The first-order valence-corrected chi connectivity index (χ1v) is 7.93. The lowest BCUT2D eigenvalue weighted by molar-refractivity contribution is -0.119.